The zero-order chi connectivity index (χ0) is 12.3. The smallest absolute Gasteiger partial charge is 0.144 e. The first-order valence-electron chi connectivity index (χ1n) is 5.00. The lowest BCUT2D eigenvalue weighted by Crippen LogP contribution is -2.05. The highest BCUT2D eigenvalue weighted by Gasteiger charge is 2.09. The van der Waals surface area contributed by atoms with E-state index in [1.54, 1.807) is 24.3 Å². The number of rotatable bonds is 4. The lowest BCUT2D eigenvalue weighted by atomic mass is 10.1. The highest BCUT2D eigenvalue weighted by molar-refractivity contribution is 6.42. The van der Waals surface area contributed by atoms with Crippen LogP contribution in [0, 0.1) is 0 Å². The molecule has 0 fully saturated rings. The summed E-state index contributed by atoms with van der Waals surface area (Å²) in [6.45, 7) is 0. The van der Waals surface area contributed by atoms with Gasteiger partial charge >= 0.3 is 0 Å². The SMILES string of the molecule is O=C(Cc1ccc(Cl)c(Cl)c1)Cc1ccno1. The number of benzene rings is 1. The van der Waals surface area contributed by atoms with Gasteiger partial charge in [-0.15, -0.1) is 0 Å². The van der Waals surface area contributed by atoms with Gasteiger partial charge in [-0.05, 0) is 17.7 Å². The first-order valence-corrected chi connectivity index (χ1v) is 5.76. The molecule has 0 spiro atoms. The van der Waals surface area contributed by atoms with Crippen LogP contribution in [0.25, 0.3) is 0 Å². The van der Waals surface area contributed by atoms with Gasteiger partial charge in [0.1, 0.15) is 11.5 Å². The average molecular weight is 270 g/mol. The fraction of sp³-hybridized carbons (Fsp3) is 0.167. The van der Waals surface area contributed by atoms with Gasteiger partial charge in [-0.3, -0.25) is 4.79 Å². The molecule has 0 saturated heterocycles. The molecular formula is C12H9Cl2NO2. The van der Waals surface area contributed by atoms with E-state index >= 15 is 0 Å². The lowest BCUT2D eigenvalue weighted by molar-refractivity contribution is -0.118. The van der Waals surface area contributed by atoms with E-state index in [1.807, 2.05) is 0 Å². The summed E-state index contributed by atoms with van der Waals surface area (Å²) in [6, 6.07) is 6.84. The van der Waals surface area contributed by atoms with E-state index in [1.165, 1.54) is 6.20 Å². The van der Waals surface area contributed by atoms with E-state index in [0.717, 1.165) is 5.56 Å². The van der Waals surface area contributed by atoms with E-state index < -0.39 is 0 Å². The van der Waals surface area contributed by atoms with Crippen molar-refractivity contribution < 1.29 is 9.32 Å². The van der Waals surface area contributed by atoms with Crippen LogP contribution in [0.1, 0.15) is 11.3 Å². The minimum absolute atomic E-state index is 0.0418. The Balaban J connectivity index is 2.00. The molecule has 88 valence electrons. The molecule has 2 rings (SSSR count). The highest BCUT2D eigenvalue weighted by Crippen LogP contribution is 2.23. The molecule has 0 aliphatic heterocycles. The fourth-order valence-electron chi connectivity index (χ4n) is 1.47. The van der Waals surface area contributed by atoms with Crippen LogP contribution in [0.15, 0.2) is 35.0 Å². The van der Waals surface area contributed by atoms with Crippen LogP contribution in [0.2, 0.25) is 10.0 Å². The summed E-state index contributed by atoms with van der Waals surface area (Å²) in [5.41, 5.74) is 0.837. The van der Waals surface area contributed by atoms with E-state index in [9.17, 15) is 4.79 Å². The van der Waals surface area contributed by atoms with Crippen molar-refractivity contribution in [2.45, 2.75) is 12.8 Å². The Morgan fingerprint density at radius 3 is 2.65 bits per heavy atom. The van der Waals surface area contributed by atoms with Crippen molar-refractivity contribution in [3.05, 3.63) is 51.8 Å². The number of aromatic nitrogens is 1. The molecule has 0 N–H and O–H groups in total. The summed E-state index contributed by atoms with van der Waals surface area (Å²) in [6.07, 6.45) is 2.06. The van der Waals surface area contributed by atoms with E-state index in [0.29, 0.717) is 22.2 Å². The number of Topliss-reactive ketones (excluding diaryl/α,β-unsaturated/α-hetero) is 1. The van der Waals surface area contributed by atoms with Crippen molar-refractivity contribution in [1.29, 1.82) is 0 Å². The summed E-state index contributed by atoms with van der Waals surface area (Å²) in [7, 11) is 0. The van der Waals surface area contributed by atoms with Crippen LogP contribution in [-0.4, -0.2) is 10.9 Å². The van der Waals surface area contributed by atoms with Crippen molar-refractivity contribution in [3.8, 4) is 0 Å². The second-order valence-corrected chi connectivity index (χ2v) is 4.43. The number of nitrogens with zero attached hydrogens (tertiary/aromatic N) is 1. The van der Waals surface area contributed by atoms with Crippen LogP contribution in [0.3, 0.4) is 0 Å². The Bertz CT molecular complexity index is 523. The molecule has 1 aromatic heterocycles. The Morgan fingerprint density at radius 1 is 1.18 bits per heavy atom. The summed E-state index contributed by atoms with van der Waals surface area (Å²) in [5, 5.41) is 4.48. The van der Waals surface area contributed by atoms with Gasteiger partial charge in [-0.1, -0.05) is 34.4 Å². The third-order valence-electron chi connectivity index (χ3n) is 2.25. The number of carbonyl (C=O) groups is 1. The van der Waals surface area contributed by atoms with Crippen molar-refractivity contribution in [3.63, 3.8) is 0 Å². The third kappa shape index (κ3) is 3.32. The molecule has 0 atom stereocenters. The van der Waals surface area contributed by atoms with Crippen LogP contribution in [-0.2, 0) is 17.6 Å². The minimum atomic E-state index is 0.0418. The van der Waals surface area contributed by atoms with Crippen molar-refractivity contribution >= 4 is 29.0 Å². The van der Waals surface area contributed by atoms with Gasteiger partial charge in [0.2, 0.25) is 0 Å². The molecule has 0 bridgehead atoms. The zero-order valence-electron chi connectivity index (χ0n) is 8.82. The molecule has 0 saturated carbocycles. The fourth-order valence-corrected chi connectivity index (χ4v) is 1.79. The van der Waals surface area contributed by atoms with E-state index in [-0.39, 0.29) is 12.2 Å². The van der Waals surface area contributed by atoms with E-state index in [2.05, 4.69) is 5.16 Å². The second-order valence-electron chi connectivity index (χ2n) is 3.62. The Labute approximate surface area is 108 Å². The number of carbonyl (C=O) groups excluding carboxylic acids is 1. The molecule has 0 aliphatic carbocycles. The summed E-state index contributed by atoms with van der Waals surface area (Å²) >= 11 is 11.7. The largest absolute Gasteiger partial charge is 0.361 e. The number of halogens is 2. The Hall–Kier alpha value is -1.32. The molecule has 5 heteroatoms. The molecular weight excluding hydrogens is 261 g/mol. The molecule has 0 aliphatic rings. The van der Waals surface area contributed by atoms with Gasteiger partial charge in [0.05, 0.1) is 22.7 Å². The number of ketones is 1. The normalized spacial score (nSPS) is 10.5. The first-order chi connectivity index (χ1) is 8.15. The van der Waals surface area contributed by atoms with Gasteiger partial charge in [-0.25, -0.2) is 0 Å². The molecule has 0 amide bonds. The van der Waals surface area contributed by atoms with Crippen molar-refractivity contribution in [2.75, 3.05) is 0 Å². The van der Waals surface area contributed by atoms with Gasteiger partial charge in [0.25, 0.3) is 0 Å². The number of hydrogen-bond acceptors (Lipinski definition) is 3. The molecule has 0 unspecified atom stereocenters. The number of hydrogen-bond donors (Lipinski definition) is 0. The predicted octanol–water partition coefficient (Wildman–Crippen LogP) is 3.34. The minimum Gasteiger partial charge on any atom is -0.361 e. The van der Waals surface area contributed by atoms with Crippen molar-refractivity contribution in [1.82, 2.24) is 5.16 Å². The van der Waals surface area contributed by atoms with Gasteiger partial charge in [0, 0.05) is 12.5 Å². The van der Waals surface area contributed by atoms with Gasteiger partial charge < -0.3 is 4.52 Å². The predicted molar refractivity (Wildman–Crippen MR) is 65.4 cm³/mol. The molecule has 2 aromatic rings. The van der Waals surface area contributed by atoms with Gasteiger partial charge in [-0.2, -0.15) is 0 Å². The van der Waals surface area contributed by atoms with E-state index in [4.69, 9.17) is 27.7 Å². The highest BCUT2D eigenvalue weighted by atomic mass is 35.5. The van der Waals surface area contributed by atoms with Crippen LogP contribution < -0.4 is 0 Å². The maximum Gasteiger partial charge on any atom is 0.144 e. The maximum atomic E-state index is 11.7. The molecule has 1 heterocycles. The summed E-state index contributed by atoms with van der Waals surface area (Å²) < 4.78 is 4.87. The quantitative estimate of drug-likeness (QED) is 0.855. The zero-order valence-corrected chi connectivity index (χ0v) is 10.3. The standard InChI is InChI=1S/C12H9Cl2NO2/c13-11-2-1-8(6-12(11)14)5-9(16)7-10-3-4-15-17-10/h1-4,6H,5,7H2. The summed E-state index contributed by atoms with van der Waals surface area (Å²) in [5.74, 6) is 0.607. The molecule has 0 radical (unpaired) electrons. The second kappa shape index (κ2) is 5.34. The molecule has 17 heavy (non-hydrogen) atoms. The monoisotopic (exact) mass is 269 g/mol. The van der Waals surface area contributed by atoms with Crippen LogP contribution >= 0.6 is 23.2 Å². The summed E-state index contributed by atoms with van der Waals surface area (Å²) in [4.78, 5) is 11.7. The van der Waals surface area contributed by atoms with Crippen molar-refractivity contribution in [2.24, 2.45) is 0 Å². The molecule has 1 aromatic carbocycles. The Kier molecular flexibility index (Phi) is 3.82. The van der Waals surface area contributed by atoms with Gasteiger partial charge in [0.15, 0.2) is 0 Å². The molecule has 3 nitrogen and oxygen atoms in total. The van der Waals surface area contributed by atoms with Crippen LogP contribution in [0.5, 0.6) is 0 Å². The first kappa shape index (κ1) is 12.1. The topological polar surface area (TPSA) is 43.1 Å². The third-order valence-corrected chi connectivity index (χ3v) is 2.99. The van der Waals surface area contributed by atoms with Crippen LogP contribution in [0.4, 0.5) is 0 Å². The maximum absolute atomic E-state index is 11.7. The Morgan fingerprint density at radius 2 is 2.00 bits per heavy atom. The lowest BCUT2D eigenvalue weighted by Gasteiger charge is -2.01. The average Bonchev–Trinajstić information content (AvgIpc) is 2.76.